The number of aliphatic hydroxyl groups is 1. The van der Waals surface area contributed by atoms with Crippen LogP contribution in [0, 0.1) is 5.92 Å². The number of alkyl halides is 3. The van der Waals surface area contributed by atoms with Gasteiger partial charge in [0.05, 0.1) is 11.7 Å². The van der Waals surface area contributed by atoms with Crippen LogP contribution in [0.4, 0.5) is 13.2 Å². The predicted octanol–water partition coefficient (Wildman–Crippen LogP) is 3.43. The third-order valence-corrected chi connectivity index (χ3v) is 4.52. The molecule has 1 heterocycles. The minimum absolute atomic E-state index is 0.0712. The zero-order valence-electron chi connectivity index (χ0n) is 13.3. The number of hydrogen-bond acceptors (Lipinski definition) is 2. The van der Waals surface area contributed by atoms with Gasteiger partial charge in [-0.2, -0.15) is 13.2 Å². The van der Waals surface area contributed by atoms with E-state index in [1.807, 2.05) is 0 Å². The molecule has 1 aliphatic rings. The van der Waals surface area contributed by atoms with Gasteiger partial charge >= 0.3 is 6.18 Å². The van der Waals surface area contributed by atoms with Crippen molar-refractivity contribution in [1.82, 2.24) is 4.90 Å². The van der Waals surface area contributed by atoms with Crippen molar-refractivity contribution in [2.24, 2.45) is 5.92 Å². The number of halogens is 3. The van der Waals surface area contributed by atoms with Crippen molar-refractivity contribution in [3.05, 3.63) is 35.4 Å². The molecule has 0 saturated carbocycles. The Morgan fingerprint density at radius 1 is 1.39 bits per heavy atom. The van der Waals surface area contributed by atoms with E-state index in [1.165, 1.54) is 6.07 Å². The molecule has 1 aromatic carbocycles. The Hall–Kier alpha value is -1.56. The molecule has 1 N–H and O–H groups in total. The molecule has 3 nitrogen and oxygen atoms in total. The summed E-state index contributed by atoms with van der Waals surface area (Å²) in [6.07, 6.45) is -3.89. The standard InChI is InChI=1S/C17H22F3NO2/c1-11(13-4-3-5-15(9-13)17(18,19)20)8-16(23)21-7-6-14(10-21)12(2)22/h3-5,9,11-12,14,22H,6-8,10H2,1-2H3. The largest absolute Gasteiger partial charge is 0.416 e. The number of aliphatic hydroxyl groups excluding tert-OH is 1. The maximum absolute atomic E-state index is 12.8. The van der Waals surface area contributed by atoms with Crippen LogP contribution in [-0.2, 0) is 11.0 Å². The van der Waals surface area contributed by atoms with Gasteiger partial charge in [-0.05, 0) is 30.9 Å². The van der Waals surface area contributed by atoms with E-state index in [-0.39, 0.29) is 24.2 Å². The molecule has 2 rings (SSSR count). The van der Waals surface area contributed by atoms with Gasteiger partial charge in [-0.1, -0.05) is 25.1 Å². The lowest BCUT2D eigenvalue weighted by Crippen LogP contribution is -2.31. The van der Waals surface area contributed by atoms with Crippen molar-refractivity contribution in [1.29, 1.82) is 0 Å². The number of hydrogen-bond donors (Lipinski definition) is 1. The summed E-state index contributed by atoms with van der Waals surface area (Å²) in [5.74, 6) is -0.267. The molecular formula is C17H22F3NO2. The monoisotopic (exact) mass is 329 g/mol. The second-order valence-electron chi connectivity index (χ2n) is 6.36. The van der Waals surface area contributed by atoms with Gasteiger partial charge in [-0.25, -0.2) is 0 Å². The highest BCUT2D eigenvalue weighted by Gasteiger charge is 2.32. The fourth-order valence-electron chi connectivity index (χ4n) is 2.94. The number of nitrogens with zero attached hydrogens (tertiary/aromatic N) is 1. The molecular weight excluding hydrogens is 307 g/mol. The van der Waals surface area contributed by atoms with Crippen molar-refractivity contribution in [2.45, 2.75) is 44.9 Å². The Morgan fingerprint density at radius 3 is 2.65 bits per heavy atom. The topological polar surface area (TPSA) is 40.5 Å². The van der Waals surface area contributed by atoms with Crippen LogP contribution in [0.5, 0.6) is 0 Å². The maximum Gasteiger partial charge on any atom is 0.416 e. The first-order valence-electron chi connectivity index (χ1n) is 7.81. The average Bonchev–Trinajstić information content (AvgIpc) is 2.96. The van der Waals surface area contributed by atoms with Gasteiger partial charge in [-0.3, -0.25) is 4.79 Å². The maximum atomic E-state index is 12.8. The number of likely N-dealkylation sites (tertiary alicyclic amines) is 1. The lowest BCUT2D eigenvalue weighted by Gasteiger charge is -2.20. The van der Waals surface area contributed by atoms with E-state index in [9.17, 15) is 23.1 Å². The molecule has 0 radical (unpaired) electrons. The molecule has 6 heteroatoms. The Morgan fingerprint density at radius 2 is 2.09 bits per heavy atom. The molecule has 1 amide bonds. The van der Waals surface area contributed by atoms with E-state index < -0.39 is 17.8 Å². The number of carbonyl (C=O) groups excluding carboxylic acids is 1. The summed E-state index contributed by atoms with van der Waals surface area (Å²) in [4.78, 5) is 14.0. The van der Waals surface area contributed by atoms with Crippen LogP contribution in [-0.4, -0.2) is 35.1 Å². The quantitative estimate of drug-likeness (QED) is 0.919. The van der Waals surface area contributed by atoms with E-state index in [0.29, 0.717) is 18.7 Å². The molecule has 1 aliphatic heterocycles. The van der Waals surface area contributed by atoms with Crippen molar-refractivity contribution in [2.75, 3.05) is 13.1 Å². The summed E-state index contributed by atoms with van der Waals surface area (Å²) >= 11 is 0. The summed E-state index contributed by atoms with van der Waals surface area (Å²) in [7, 11) is 0. The van der Waals surface area contributed by atoms with Crippen molar-refractivity contribution in [3.8, 4) is 0 Å². The van der Waals surface area contributed by atoms with Crippen molar-refractivity contribution in [3.63, 3.8) is 0 Å². The Balaban J connectivity index is 1.99. The second-order valence-corrected chi connectivity index (χ2v) is 6.36. The second kappa shape index (κ2) is 6.91. The third-order valence-electron chi connectivity index (χ3n) is 4.52. The first kappa shape index (κ1) is 17.8. The van der Waals surface area contributed by atoms with E-state index in [1.54, 1.807) is 24.8 Å². The first-order valence-corrected chi connectivity index (χ1v) is 7.81. The van der Waals surface area contributed by atoms with Crippen molar-refractivity contribution < 1.29 is 23.1 Å². The molecule has 128 valence electrons. The van der Waals surface area contributed by atoms with E-state index in [2.05, 4.69) is 0 Å². The smallest absolute Gasteiger partial charge is 0.393 e. The van der Waals surface area contributed by atoms with Gasteiger partial charge in [0.2, 0.25) is 5.91 Å². The number of carbonyl (C=O) groups is 1. The highest BCUT2D eigenvalue weighted by molar-refractivity contribution is 5.77. The van der Waals surface area contributed by atoms with E-state index in [0.717, 1.165) is 18.6 Å². The highest BCUT2D eigenvalue weighted by atomic mass is 19.4. The number of rotatable bonds is 4. The highest BCUT2D eigenvalue weighted by Crippen LogP contribution is 2.32. The van der Waals surface area contributed by atoms with Gasteiger partial charge in [0, 0.05) is 25.4 Å². The molecule has 0 bridgehead atoms. The fraction of sp³-hybridized carbons (Fsp3) is 0.588. The molecule has 0 spiro atoms. The Bertz CT molecular complexity index is 557. The van der Waals surface area contributed by atoms with Crippen LogP contribution in [0.25, 0.3) is 0 Å². The molecule has 1 fully saturated rings. The summed E-state index contributed by atoms with van der Waals surface area (Å²) in [5, 5.41) is 9.57. The van der Waals surface area contributed by atoms with Crippen molar-refractivity contribution >= 4 is 5.91 Å². The molecule has 3 atom stereocenters. The van der Waals surface area contributed by atoms with Crippen LogP contribution in [0.2, 0.25) is 0 Å². The van der Waals surface area contributed by atoms with Crippen LogP contribution < -0.4 is 0 Å². The van der Waals surface area contributed by atoms with Gasteiger partial charge in [0.1, 0.15) is 0 Å². The van der Waals surface area contributed by atoms with Crippen LogP contribution in [0.3, 0.4) is 0 Å². The van der Waals surface area contributed by atoms with E-state index >= 15 is 0 Å². The average molecular weight is 329 g/mol. The third kappa shape index (κ3) is 4.47. The summed E-state index contributed by atoms with van der Waals surface area (Å²) in [6.45, 7) is 4.59. The number of benzene rings is 1. The normalized spacial score (nSPS) is 21.3. The zero-order valence-corrected chi connectivity index (χ0v) is 13.3. The lowest BCUT2D eigenvalue weighted by molar-refractivity contribution is -0.137. The van der Waals surface area contributed by atoms with Gasteiger partial charge in [0.15, 0.2) is 0 Å². The summed E-state index contributed by atoms with van der Waals surface area (Å²) < 4.78 is 38.3. The Labute approximate surface area is 134 Å². The molecule has 23 heavy (non-hydrogen) atoms. The van der Waals surface area contributed by atoms with Gasteiger partial charge < -0.3 is 10.0 Å². The Kier molecular flexibility index (Phi) is 5.34. The minimum Gasteiger partial charge on any atom is -0.393 e. The predicted molar refractivity (Wildman–Crippen MR) is 80.8 cm³/mol. The minimum atomic E-state index is -4.38. The van der Waals surface area contributed by atoms with Crippen LogP contribution in [0.1, 0.15) is 43.7 Å². The van der Waals surface area contributed by atoms with Crippen LogP contribution >= 0.6 is 0 Å². The SMILES string of the molecule is CC(CC(=O)N1CCC(C(C)O)C1)c1cccc(C(F)(F)F)c1. The fourth-order valence-corrected chi connectivity index (χ4v) is 2.94. The first-order chi connectivity index (χ1) is 10.7. The van der Waals surface area contributed by atoms with Gasteiger partial charge in [0.25, 0.3) is 0 Å². The molecule has 0 aliphatic carbocycles. The summed E-state index contributed by atoms with van der Waals surface area (Å²) in [6, 6.07) is 5.14. The number of amides is 1. The van der Waals surface area contributed by atoms with Gasteiger partial charge in [-0.15, -0.1) is 0 Å². The van der Waals surface area contributed by atoms with E-state index in [4.69, 9.17) is 0 Å². The van der Waals surface area contributed by atoms with Crippen LogP contribution in [0.15, 0.2) is 24.3 Å². The molecule has 1 saturated heterocycles. The summed E-state index contributed by atoms with van der Waals surface area (Å²) in [5.41, 5.74) is -0.177. The molecule has 1 aromatic rings. The lowest BCUT2D eigenvalue weighted by atomic mass is 9.95. The molecule has 0 aromatic heterocycles. The zero-order chi connectivity index (χ0) is 17.2. The molecule has 3 unspecified atom stereocenters.